The van der Waals surface area contributed by atoms with Gasteiger partial charge in [0.25, 0.3) is 11.5 Å². The second-order valence-electron chi connectivity index (χ2n) is 8.28. The number of nitrogens with one attached hydrogen (secondary N) is 1. The summed E-state index contributed by atoms with van der Waals surface area (Å²) >= 11 is 0. The normalized spacial score (nSPS) is 19.5. The van der Waals surface area contributed by atoms with E-state index in [4.69, 9.17) is 0 Å². The Labute approximate surface area is 176 Å². The molecular weight excluding hydrogens is 380 g/mol. The zero-order valence-corrected chi connectivity index (χ0v) is 17.3. The summed E-state index contributed by atoms with van der Waals surface area (Å²) in [6, 6.07) is 13.1. The van der Waals surface area contributed by atoms with Crippen molar-refractivity contribution >= 4 is 11.8 Å². The van der Waals surface area contributed by atoms with Gasteiger partial charge in [-0.25, -0.2) is 0 Å². The molecule has 1 aliphatic carbocycles. The Morgan fingerprint density at radius 2 is 1.83 bits per heavy atom. The summed E-state index contributed by atoms with van der Waals surface area (Å²) in [5.74, 6) is 0.0543. The van der Waals surface area contributed by atoms with Gasteiger partial charge < -0.3 is 19.7 Å². The van der Waals surface area contributed by atoms with Gasteiger partial charge in [0.1, 0.15) is 12.1 Å². The minimum atomic E-state index is -0.426. The Balaban J connectivity index is 1.50. The number of piperazine rings is 1. The molecule has 2 heterocycles. The molecule has 1 saturated carbocycles. The largest absolute Gasteiger partial charge is 0.352 e. The number of aromatic nitrogens is 1. The molecule has 7 heteroatoms. The number of hydrogen-bond acceptors (Lipinski definition) is 4. The minimum Gasteiger partial charge on any atom is -0.352 e. The molecule has 158 valence electrons. The van der Waals surface area contributed by atoms with E-state index < -0.39 is 5.56 Å². The number of amides is 2. The molecule has 0 spiro atoms. The SMILES string of the molecule is CN1CCN(C(=O)Cn2cccc(C(=O)NCC3CC3)c2=O)C(c2ccccc2)C1. The minimum absolute atomic E-state index is 0.0572. The number of carbonyl (C=O) groups excluding carboxylic acids is 2. The van der Waals surface area contributed by atoms with E-state index in [0.29, 0.717) is 19.0 Å². The van der Waals surface area contributed by atoms with Gasteiger partial charge in [0.2, 0.25) is 5.91 Å². The molecule has 1 saturated heterocycles. The molecule has 1 aliphatic heterocycles. The van der Waals surface area contributed by atoms with Gasteiger partial charge in [-0.2, -0.15) is 0 Å². The molecule has 0 radical (unpaired) electrons. The lowest BCUT2D eigenvalue weighted by molar-refractivity contribution is -0.136. The first-order valence-corrected chi connectivity index (χ1v) is 10.5. The number of carbonyl (C=O) groups is 2. The van der Waals surface area contributed by atoms with Crippen LogP contribution in [-0.4, -0.2) is 59.4 Å². The summed E-state index contributed by atoms with van der Waals surface area (Å²) in [6.07, 6.45) is 3.83. The fourth-order valence-corrected chi connectivity index (χ4v) is 3.90. The molecule has 1 unspecified atom stereocenters. The van der Waals surface area contributed by atoms with E-state index in [1.165, 1.54) is 10.6 Å². The number of pyridine rings is 1. The van der Waals surface area contributed by atoms with Crippen molar-refractivity contribution in [3.63, 3.8) is 0 Å². The molecule has 2 aromatic rings. The molecule has 1 aromatic heterocycles. The standard InChI is InChI=1S/C23H28N4O3/c1-25-12-13-27(20(15-25)18-6-3-2-4-7-18)21(28)16-26-11-5-8-19(23(26)30)22(29)24-14-17-9-10-17/h2-8,11,17,20H,9-10,12-16H2,1H3,(H,24,29). The van der Waals surface area contributed by atoms with E-state index in [-0.39, 0.29) is 30.0 Å². The van der Waals surface area contributed by atoms with Gasteiger partial charge in [-0.3, -0.25) is 14.4 Å². The molecule has 1 N–H and O–H groups in total. The van der Waals surface area contributed by atoms with Crippen LogP contribution in [0.4, 0.5) is 0 Å². The van der Waals surface area contributed by atoms with Crippen LogP contribution in [0.3, 0.4) is 0 Å². The lowest BCUT2D eigenvalue weighted by atomic mass is 10.0. The van der Waals surface area contributed by atoms with Crippen LogP contribution in [0, 0.1) is 5.92 Å². The molecule has 30 heavy (non-hydrogen) atoms. The monoisotopic (exact) mass is 408 g/mol. The summed E-state index contributed by atoms with van der Waals surface area (Å²) in [4.78, 5) is 42.4. The lowest BCUT2D eigenvalue weighted by Crippen LogP contribution is -2.50. The number of hydrogen-bond donors (Lipinski definition) is 1. The third-order valence-corrected chi connectivity index (χ3v) is 5.91. The van der Waals surface area contributed by atoms with Crippen molar-refractivity contribution in [3.8, 4) is 0 Å². The van der Waals surface area contributed by atoms with Crippen LogP contribution < -0.4 is 10.9 Å². The highest BCUT2D eigenvalue weighted by Crippen LogP contribution is 2.27. The summed E-state index contributed by atoms with van der Waals surface area (Å²) in [7, 11) is 2.05. The smallest absolute Gasteiger partial charge is 0.263 e. The molecule has 7 nitrogen and oxygen atoms in total. The Bertz CT molecular complexity index is 968. The number of rotatable bonds is 6. The molecule has 4 rings (SSSR count). The number of benzene rings is 1. The van der Waals surface area contributed by atoms with Crippen LogP contribution >= 0.6 is 0 Å². The average Bonchev–Trinajstić information content (AvgIpc) is 3.58. The Morgan fingerprint density at radius 1 is 1.07 bits per heavy atom. The summed E-state index contributed by atoms with van der Waals surface area (Å²) in [5, 5.41) is 2.83. The first-order chi connectivity index (χ1) is 14.5. The van der Waals surface area contributed by atoms with Gasteiger partial charge >= 0.3 is 0 Å². The Hall–Kier alpha value is -2.93. The second kappa shape index (κ2) is 8.83. The third kappa shape index (κ3) is 4.62. The van der Waals surface area contributed by atoms with Gasteiger partial charge in [0.15, 0.2) is 0 Å². The van der Waals surface area contributed by atoms with Crippen LogP contribution in [0.15, 0.2) is 53.5 Å². The van der Waals surface area contributed by atoms with Crippen LogP contribution in [0.25, 0.3) is 0 Å². The van der Waals surface area contributed by atoms with Crippen molar-refractivity contribution in [2.45, 2.75) is 25.4 Å². The van der Waals surface area contributed by atoms with E-state index in [2.05, 4.69) is 10.2 Å². The maximum Gasteiger partial charge on any atom is 0.263 e. The topological polar surface area (TPSA) is 74.7 Å². The van der Waals surface area contributed by atoms with E-state index in [0.717, 1.165) is 31.5 Å². The molecule has 0 bridgehead atoms. The second-order valence-corrected chi connectivity index (χ2v) is 8.28. The van der Waals surface area contributed by atoms with Crippen molar-refractivity contribution in [2.24, 2.45) is 5.92 Å². The van der Waals surface area contributed by atoms with Crippen LogP contribution in [-0.2, 0) is 11.3 Å². The lowest BCUT2D eigenvalue weighted by Gasteiger charge is -2.40. The zero-order chi connectivity index (χ0) is 21.1. The van der Waals surface area contributed by atoms with Crippen molar-refractivity contribution < 1.29 is 9.59 Å². The molecule has 1 aromatic carbocycles. The van der Waals surface area contributed by atoms with Gasteiger partial charge in [0, 0.05) is 32.4 Å². The summed E-state index contributed by atoms with van der Waals surface area (Å²) in [5.41, 5.74) is 0.742. The molecule has 2 amide bonds. The molecule has 1 atom stereocenters. The van der Waals surface area contributed by atoms with Crippen molar-refractivity contribution in [2.75, 3.05) is 33.2 Å². The Morgan fingerprint density at radius 3 is 2.57 bits per heavy atom. The summed E-state index contributed by atoms with van der Waals surface area (Å²) < 4.78 is 1.34. The number of likely N-dealkylation sites (N-methyl/N-ethyl adjacent to an activating group) is 1. The van der Waals surface area contributed by atoms with Crippen LogP contribution in [0.5, 0.6) is 0 Å². The van der Waals surface area contributed by atoms with E-state index in [1.54, 1.807) is 12.3 Å². The predicted molar refractivity (Wildman–Crippen MR) is 114 cm³/mol. The summed E-state index contributed by atoms with van der Waals surface area (Å²) in [6.45, 7) is 2.66. The molecule has 2 fully saturated rings. The highest BCUT2D eigenvalue weighted by molar-refractivity contribution is 5.93. The van der Waals surface area contributed by atoms with Gasteiger partial charge in [-0.05, 0) is 43.5 Å². The van der Waals surface area contributed by atoms with Gasteiger partial charge in [-0.1, -0.05) is 30.3 Å². The van der Waals surface area contributed by atoms with Crippen LogP contribution in [0.2, 0.25) is 0 Å². The maximum atomic E-state index is 13.2. The van der Waals surface area contributed by atoms with E-state index >= 15 is 0 Å². The fourth-order valence-electron chi connectivity index (χ4n) is 3.90. The highest BCUT2D eigenvalue weighted by atomic mass is 16.2. The quantitative estimate of drug-likeness (QED) is 0.786. The van der Waals surface area contributed by atoms with Crippen molar-refractivity contribution in [3.05, 3.63) is 70.1 Å². The first-order valence-electron chi connectivity index (χ1n) is 10.5. The van der Waals surface area contributed by atoms with E-state index in [1.807, 2.05) is 42.3 Å². The third-order valence-electron chi connectivity index (χ3n) is 5.91. The fraction of sp³-hybridized carbons (Fsp3) is 0.435. The van der Waals surface area contributed by atoms with Crippen molar-refractivity contribution in [1.29, 1.82) is 0 Å². The maximum absolute atomic E-state index is 13.2. The van der Waals surface area contributed by atoms with Gasteiger partial charge in [0.05, 0.1) is 6.04 Å². The van der Waals surface area contributed by atoms with Crippen LogP contribution in [0.1, 0.15) is 34.8 Å². The predicted octanol–water partition coefficient (Wildman–Crippen LogP) is 1.50. The first kappa shape index (κ1) is 20.3. The zero-order valence-electron chi connectivity index (χ0n) is 17.3. The van der Waals surface area contributed by atoms with Gasteiger partial charge in [-0.15, -0.1) is 0 Å². The molecular formula is C23H28N4O3. The Kier molecular flexibility index (Phi) is 5.99. The average molecular weight is 409 g/mol. The molecule has 2 aliphatic rings. The van der Waals surface area contributed by atoms with E-state index in [9.17, 15) is 14.4 Å². The van der Waals surface area contributed by atoms with Crippen molar-refractivity contribution in [1.82, 2.24) is 19.7 Å². The number of nitrogens with zero attached hydrogens (tertiary/aromatic N) is 3. The highest BCUT2D eigenvalue weighted by Gasteiger charge is 2.30.